The van der Waals surface area contributed by atoms with E-state index >= 15 is 0 Å². The number of pyridine rings is 1. The van der Waals surface area contributed by atoms with Crippen LogP contribution in [-0.4, -0.2) is 19.5 Å². The minimum Gasteiger partial charge on any atom is -0.354 e. The molecule has 4 heteroatoms. The molecule has 0 radical (unpaired) electrons. The summed E-state index contributed by atoms with van der Waals surface area (Å²) in [6.45, 7) is 6.74. The van der Waals surface area contributed by atoms with Gasteiger partial charge in [-0.3, -0.25) is 4.98 Å². The van der Waals surface area contributed by atoms with Crippen molar-refractivity contribution in [2.75, 3.05) is 0 Å². The van der Waals surface area contributed by atoms with Gasteiger partial charge in [0.05, 0.1) is 22.2 Å². The number of hydrogen-bond acceptors (Lipinski definition) is 2. The molecule has 38 heavy (non-hydrogen) atoms. The lowest BCUT2D eigenvalue weighted by molar-refractivity contribution is 0.413. The molecule has 0 bridgehead atoms. The fourth-order valence-corrected chi connectivity index (χ4v) is 5.63. The number of H-pyrrole nitrogens is 1. The summed E-state index contributed by atoms with van der Waals surface area (Å²) < 4.78 is 2.38. The van der Waals surface area contributed by atoms with Crippen molar-refractivity contribution >= 4 is 32.8 Å². The van der Waals surface area contributed by atoms with Gasteiger partial charge in [-0.25, -0.2) is 4.98 Å². The maximum atomic E-state index is 5.38. The van der Waals surface area contributed by atoms with Crippen molar-refractivity contribution < 1.29 is 0 Å². The highest BCUT2D eigenvalue weighted by Gasteiger charge is 2.25. The molecule has 0 aliphatic carbocycles. The Bertz CT molecular complexity index is 1950. The molecule has 0 unspecified atom stereocenters. The third-order valence-electron chi connectivity index (χ3n) is 7.27. The van der Waals surface area contributed by atoms with Gasteiger partial charge in [-0.2, -0.15) is 0 Å². The highest BCUT2D eigenvalue weighted by molar-refractivity contribution is 6.12. The Balaban J connectivity index is 1.50. The second-order valence-electron chi connectivity index (χ2n) is 10.8. The molecule has 0 atom stereocenters. The first kappa shape index (κ1) is 22.5. The number of benzene rings is 4. The zero-order valence-corrected chi connectivity index (χ0v) is 21.7. The Morgan fingerprint density at radius 2 is 1.42 bits per heavy atom. The summed E-state index contributed by atoms with van der Waals surface area (Å²) in [5.41, 5.74) is 9.64. The Labute approximate surface area is 221 Å². The zero-order chi connectivity index (χ0) is 25.9. The van der Waals surface area contributed by atoms with Gasteiger partial charge in [-0.15, -0.1) is 0 Å². The second kappa shape index (κ2) is 8.42. The van der Waals surface area contributed by atoms with Crippen LogP contribution in [0.3, 0.4) is 0 Å². The summed E-state index contributed by atoms with van der Waals surface area (Å²) in [6.07, 6.45) is 1.84. The molecular formula is C34H28N4. The Hall–Kier alpha value is -4.70. The Morgan fingerprint density at radius 3 is 2.26 bits per heavy atom. The summed E-state index contributed by atoms with van der Waals surface area (Å²) in [4.78, 5) is 13.6. The molecule has 4 nitrogen and oxygen atoms in total. The average molecular weight is 493 g/mol. The van der Waals surface area contributed by atoms with Gasteiger partial charge >= 0.3 is 0 Å². The van der Waals surface area contributed by atoms with Crippen LogP contribution in [0.1, 0.15) is 20.8 Å². The number of rotatable bonds is 3. The van der Waals surface area contributed by atoms with E-state index in [-0.39, 0.29) is 5.54 Å². The van der Waals surface area contributed by atoms with Crippen LogP contribution in [0.4, 0.5) is 0 Å². The molecule has 3 aromatic heterocycles. The van der Waals surface area contributed by atoms with Crippen molar-refractivity contribution in [2.45, 2.75) is 26.3 Å². The summed E-state index contributed by atoms with van der Waals surface area (Å²) in [5, 5.41) is 2.45. The highest BCUT2D eigenvalue weighted by Crippen LogP contribution is 2.39. The third-order valence-corrected chi connectivity index (χ3v) is 7.27. The standard InChI is InChI=1S/C34H28N4/c1-34(2,3)38-30-19-10-14-24(22-11-8-12-23(21-22)28-17-6-7-20-35-28)32(30)37-33(38)27-16-9-15-26-25-13-4-5-18-29(25)36-31(26)27/h4-21,36H,1-3H3. The number of para-hydroxylation sites is 3. The molecular weight excluding hydrogens is 464 g/mol. The van der Waals surface area contributed by atoms with Gasteiger partial charge in [0.25, 0.3) is 0 Å². The number of hydrogen-bond donors (Lipinski definition) is 1. The lowest BCUT2D eigenvalue weighted by Gasteiger charge is -2.25. The van der Waals surface area contributed by atoms with E-state index in [4.69, 9.17) is 4.98 Å². The maximum absolute atomic E-state index is 5.38. The van der Waals surface area contributed by atoms with Crippen molar-refractivity contribution in [1.82, 2.24) is 19.5 Å². The van der Waals surface area contributed by atoms with E-state index in [0.29, 0.717) is 0 Å². The van der Waals surface area contributed by atoms with Gasteiger partial charge in [0.1, 0.15) is 5.82 Å². The lowest BCUT2D eigenvalue weighted by Crippen LogP contribution is -2.22. The number of imidazole rings is 1. The number of fused-ring (bicyclic) bond motifs is 4. The zero-order valence-electron chi connectivity index (χ0n) is 21.7. The normalized spacial score (nSPS) is 12.1. The first-order chi connectivity index (χ1) is 18.5. The Kier molecular flexibility index (Phi) is 4.98. The number of aromatic amines is 1. The van der Waals surface area contributed by atoms with Gasteiger partial charge in [-0.1, -0.05) is 66.7 Å². The number of nitrogens with zero attached hydrogens (tertiary/aromatic N) is 3. The molecule has 0 aliphatic heterocycles. The third kappa shape index (κ3) is 3.52. The number of aromatic nitrogens is 4. The van der Waals surface area contributed by atoms with E-state index < -0.39 is 0 Å². The SMILES string of the molecule is CC(C)(C)n1c(-c2cccc3c2[nH]c2ccccc23)nc2c(-c3cccc(-c4ccccn4)c3)cccc21. The first-order valence-electron chi connectivity index (χ1n) is 13.0. The smallest absolute Gasteiger partial charge is 0.143 e. The first-order valence-corrected chi connectivity index (χ1v) is 13.0. The van der Waals surface area contributed by atoms with E-state index in [2.05, 4.69) is 120 Å². The summed E-state index contributed by atoms with van der Waals surface area (Å²) >= 11 is 0. The van der Waals surface area contributed by atoms with E-state index in [1.54, 1.807) is 0 Å². The summed E-state index contributed by atoms with van der Waals surface area (Å²) in [5.74, 6) is 0.970. The number of nitrogens with one attached hydrogen (secondary N) is 1. The predicted molar refractivity (Wildman–Crippen MR) is 158 cm³/mol. The van der Waals surface area contributed by atoms with Gasteiger partial charge in [0.2, 0.25) is 0 Å². The van der Waals surface area contributed by atoms with Crippen molar-refractivity contribution in [3.8, 4) is 33.8 Å². The molecule has 0 fully saturated rings. The molecule has 0 saturated heterocycles. The van der Waals surface area contributed by atoms with Crippen LogP contribution in [0.25, 0.3) is 66.6 Å². The van der Waals surface area contributed by atoms with Crippen LogP contribution < -0.4 is 0 Å². The Morgan fingerprint density at radius 1 is 0.684 bits per heavy atom. The van der Waals surface area contributed by atoms with Gasteiger partial charge in [0.15, 0.2) is 0 Å². The van der Waals surface area contributed by atoms with Crippen molar-refractivity contribution in [3.63, 3.8) is 0 Å². The lowest BCUT2D eigenvalue weighted by atomic mass is 10.00. The van der Waals surface area contributed by atoms with Crippen molar-refractivity contribution in [1.29, 1.82) is 0 Å². The minimum absolute atomic E-state index is 0.174. The molecule has 0 aliphatic rings. The monoisotopic (exact) mass is 492 g/mol. The van der Waals surface area contributed by atoms with E-state index in [1.807, 2.05) is 24.4 Å². The van der Waals surface area contributed by atoms with Crippen LogP contribution in [-0.2, 0) is 5.54 Å². The largest absolute Gasteiger partial charge is 0.354 e. The molecule has 4 aromatic carbocycles. The van der Waals surface area contributed by atoms with Crippen LogP contribution in [0.2, 0.25) is 0 Å². The molecule has 0 amide bonds. The summed E-state index contributed by atoms with van der Waals surface area (Å²) in [7, 11) is 0. The van der Waals surface area contributed by atoms with Crippen LogP contribution >= 0.6 is 0 Å². The van der Waals surface area contributed by atoms with E-state index in [0.717, 1.165) is 55.8 Å². The quantitative estimate of drug-likeness (QED) is 0.268. The molecule has 184 valence electrons. The second-order valence-corrected chi connectivity index (χ2v) is 10.8. The molecule has 3 heterocycles. The predicted octanol–water partition coefficient (Wildman–Crippen LogP) is 8.82. The minimum atomic E-state index is -0.174. The van der Waals surface area contributed by atoms with Crippen molar-refractivity contribution in [3.05, 3.63) is 109 Å². The molecule has 7 rings (SSSR count). The molecule has 7 aromatic rings. The molecule has 0 saturated carbocycles. The average Bonchev–Trinajstić information content (AvgIpc) is 3.52. The van der Waals surface area contributed by atoms with Gasteiger partial charge < -0.3 is 9.55 Å². The van der Waals surface area contributed by atoms with Gasteiger partial charge in [-0.05, 0) is 62.7 Å². The van der Waals surface area contributed by atoms with Crippen molar-refractivity contribution in [2.24, 2.45) is 0 Å². The van der Waals surface area contributed by atoms with E-state index in [1.165, 1.54) is 10.8 Å². The van der Waals surface area contributed by atoms with Crippen LogP contribution in [0.5, 0.6) is 0 Å². The van der Waals surface area contributed by atoms with E-state index in [9.17, 15) is 0 Å². The highest BCUT2D eigenvalue weighted by atomic mass is 15.1. The van der Waals surface area contributed by atoms with Gasteiger partial charge in [0, 0.05) is 44.7 Å². The van der Waals surface area contributed by atoms with Crippen LogP contribution in [0, 0.1) is 0 Å². The fraction of sp³-hybridized carbons (Fsp3) is 0.118. The topological polar surface area (TPSA) is 46.5 Å². The molecule has 1 N–H and O–H groups in total. The maximum Gasteiger partial charge on any atom is 0.143 e. The fourth-order valence-electron chi connectivity index (χ4n) is 5.63. The summed E-state index contributed by atoms with van der Waals surface area (Å²) in [6, 6.07) is 36.1. The molecule has 0 spiro atoms. The van der Waals surface area contributed by atoms with Crippen LogP contribution in [0.15, 0.2) is 109 Å².